The molecule has 20 heavy (non-hydrogen) atoms. The summed E-state index contributed by atoms with van der Waals surface area (Å²) in [5.74, 6) is 0.240. The maximum atomic E-state index is 12.3. The minimum absolute atomic E-state index is 0.0518. The molecule has 0 spiro atoms. The summed E-state index contributed by atoms with van der Waals surface area (Å²) in [6.07, 6.45) is 6.14. The summed E-state index contributed by atoms with van der Waals surface area (Å²) in [5, 5.41) is 9.26. The molecule has 2 heterocycles. The maximum absolute atomic E-state index is 12.3. The van der Waals surface area contributed by atoms with Crippen molar-refractivity contribution in [3.63, 3.8) is 0 Å². The van der Waals surface area contributed by atoms with Crippen LogP contribution in [0.3, 0.4) is 0 Å². The van der Waals surface area contributed by atoms with Gasteiger partial charge in [0.15, 0.2) is 0 Å². The molecule has 1 aliphatic heterocycles. The van der Waals surface area contributed by atoms with E-state index in [1.165, 1.54) is 0 Å². The topological polar surface area (TPSA) is 45.5 Å². The van der Waals surface area contributed by atoms with E-state index in [0.29, 0.717) is 11.6 Å². The lowest BCUT2D eigenvalue weighted by Gasteiger charge is -2.32. The van der Waals surface area contributed by atoms with Crippen molar-refractivity contribution >= 4 is 5.91 Å². The van der Waals surface area contributed by atoms with Gasteiger partial charge in [0.25, 0.3) is 5.91 Å². The number of amides is 1. The summed E-state index contributed by atoms with van der Waals surface area (Å²) in [4.78, 5) is 14.2. The Bertz CT molecular complexity index is 567. The summed E-state index contributed by atoms with van der Waals surface area (Å²) >= 11 is 0. The molecule has 1 aromatic carbocycles. The Morgan fingerprint density at radius 1 is 1.05 bits per heavy atom. The van der Waals surface area contributed by atoms with Crippen LogP contribution in [-0.2, 0) is 0 Å². The molecule has 1 N–H and O–H groups in total. The molecule has 0 atom stereocenters. The highest BCUT2D eigenvalue weighted by Gasteiger charge is 2.24. The smallest absolute Gasteiger partial charge is 0.253 e. The number of piperidine rings is 1. The van der Waals surface area contributed by atoms with Gasteiger partial charge in [0.05, 0.1) is 0 Å². The lowest BCUT2D eigenvalue weighted by molar-refractivity contribution is 0.0694. The number of hydrogen-bond donors (Lipinski definition) is 1. The van der Waals surface area contributed by atoms with Crippen LogP contribution in [0.4, 0.5) is 0 Å². The van der Waals surface area contributed by atoms with Crippen molar-refractivity contribution in [1.29, 1.82) is 0 Å². The van der Waals surface area contributed by atoms with Gasteiger partial charge < -0.3 is 14.6 Å². The Balaban J connectivity index is 1.63. The van der Waals surface area contributed by atoms with E-state index in [-0.39, 0.29) is 11.7 Å². The minimum Gasteiger partial charge on any atom is -0.508 e. The Kier molecular flexibility index (Phi) is 3.46. The van der Waals surface area contributed by atoms with Gasteiger partial charge in [0, 0.05) is 37.1 Å². The fourth-order valence-electron chi connectivity index (χ4n) is 2.74. The van der Waals surface area contributed by atoms with Crippen LogP contribution >= 0.6 is 0 Å². The Morgan fingerprint density at radius 2 is 1.65 bits per heavy atom. The number of hydrogen-bond acceptors (Lipinski definition) is 2. The average molecular weight is 270 g/mol. The molecule has 4 nitrogen and oxygen atoms in total. The zero-order chi connectivity index (χ0) is 13.9. The van der Waals surface area contributed by atoms with Crippen molar-refractivity contribution in [1.82, 2.24) is 9.47 Å². The van der Waals surface area contributed by atoms with Crippen molar-refractivity contribution in [2.75, 3.05) is 13.1 Å². The van der Waals surface area contributed by atoms with Gasteiger partial charge >= 0.3 is 0 Å². The van der Waals surface area contributed by atoms with Crippen LogP contribution in [0, 0.1) is 0 Å². The van der Waals surface area contributed by atoms with E-state index in [9.17, 15) is 9.90 Å². The molecule has 1 saturated heterocycles. The highest BCUT2D eigenvalue weighted by molar-refractivity contribution is 5.94. The third-order valence-corrected chi connectivity index (χ3v) is 3.92. The molecule has 1 aromatic heterocycles. The SMILES string of the molecule is O=C(c1ccc(O)cc1)N1CCC(n2cccc2)CC1. The van der Waals surface area contributed by atoms with Gasteiger partial charge in [-0.3, -0.25) is 4.79 Å². The lowest BCUT2D eigenvalue weighted by atomic mass is 10.0. The van der Waals surface area contributed by atoms with Crippen molar-refractivity contribution in [2.24, 2.45) is 0 Å². The maximum Gasteiger partial charge on any atom is 0.253 e. The van der Waals surface area contributed by atoms with Crippen molar-refractivity contribution in [3.05, 3.63) is 54.4 Å². The van der Waals surface area contributed by atoms with Gasteiger partial charge in [-0.25, -0.2) is 0 Å². The molecule has 1 amide bonds. The van der Waals surface area contributed by atoms with Gasteiger partial charge in [-0.2, -0.15) is 0 Å². The van der Waals surface area contributed by atoms with Crippen LogP contribution in [0.25, 0.3) is 0 Å². The third kappa shape index (κ3) is 2.54. The van der Waals surface area contributed by atoms with E-state index >= 15 is 0 Å². The second-order valence-corrected chi connectivity index (χ2v) is 5.20. The van der Waals surface area contributed by atoms with E-state index in [0.717, 1.165) is 25.9 Å². The number of carbonyl (C=O) groups excluding carboxylic acids is 1. The molecule has 1 fully saturated rings. The molecule has 104 valence electrons. The Hall–Kier alpha value is -2.23. The monoisotopic (exact) mass is 270 g/mol. The standard InChI is InChI=1S/C16H18N2O2/c19-15-5-3-13(4-6-15)16(20)18-11-7-14(8-12-18)17-9-1-2-10-17/h1-6,9-10,14,19H,7-8,11-12H2. The first kappa shape index (κ1) is 12.8. The predicted octanol–water partition coefficient (Wildman–Crippen LogP) is 2.67. The van der Waals surface area contributed by atoms with E-state index in [4.69, 9.17) is 0 Å². The highest BCUT2D eigenvalue weighted by Crippen LogP contribution is 2.23. The molecule has 4 heteroatoms. The van der Waals surface area contributed by atoms with Gasteiger partial charge in [-0.05, 0) is 49.2 Å². The van der Waals surface area contributed by atoms with Crippen LogP contribution in [0.2, 0.25) is 0 Å². The molecule has 0 radical (unpaired) electrons. The van der Waals surface area contributed by atoms with E-state index in [1.54, 1.807) is 24.3 Å². The van der Waals surface area contributed by atoms with E-state index in [1.807, 2.05) is 17.0 Å². The summed E-state index contributed by atoms with van der Waals surface area (Å²) in [7, 11) is 0. The first-order valence-corrected chi connectivity index (χ1v) is 6.95. The number of aromatic hydroxyl groups is 1. The second-order valence-electron chi connectivity index (χ2n) is 5.20. The fourth-order valence-corrected chi connectivity index (χ4v) is 2.74. The first-order chi connectivity index (χ1) is 9.74. The number of benzene rings is 1. The summed E-state index contributed by atoms with van der Waals surface area (Å²) in [5.41, 5.74) is 0.641. The number of aromatic nitrogens is 1. The summed E-state index contributed by atoms with van der Waals surface area (Å²) < 4.78 is 2.22. The van der Waals surface area contributed by atoms with Crippen LogP contribution in [0.1, 0.15) is 29.2 Å². The van der Waals surface area contributed by atoms with Gasteiger partial charge in [-0.1, -0.05) is 0 Å². The third-order valence-electron chi connectivity index (χ3n) is 3.92. The summed E-state index contributed by atoms with van der Waals surface area (Å²) in [6, 6.07) is 11.0. The quantitative estimate of drug-likeness (QED) is 0.912. The van der Waals surface area contributed by atoms with E-state index in [2.05, 4.69) is 17.0 Å². The number of phenols is 1. The summed E-state index contributed by atoms with van der Waals surface area (Å²) in [6.45, 7) is 1.56. The normalized spacial score (nSPS) is 16.3. The van der Waals surface area contributed by atoms with Crippen molar-refractivity contribution in [2.45, 2.75) is 18.9 Å². The number of rotatable bonds is 2. The van der Waals surface area contributed by atoms with Gasteiger partial charge in [0.1, 0.15) is 5.75 Å². The number of carbonyl (C=O) groups is 1. The molecule has 0 bridgehead atoms. The van der Waals surface area contributed by atoms with Crippen LogP contribution in [-0.4, -0.2) is 33.6 Å². The largest absolute Gasteiger partial charge is 0.508 e. The number of likely N-dealkylation sites (tertiary alicyclic amines) is 1. The fraction of sp³-hybridized carbons (Fsp3) is 0.312. The zero-order valence-corrected chi connectivity index (χ0v) is 11.3. The first-order valence-electron chi connectivity index (χ1n) is 6.95. The molecular weight excluding hydrogens is 252 g/mol. The Labute approximate surface area is 118 Å². The van der Waals surface area contributed by atoms with Crippen LogP contribution in [0.15, 0.2) is 48.8 Å². The second kappa shape index (κ2) is 5.41. The molecule has 0 unspecified atom stereocenters. The lowest BCUT2D eigenvalue weighted by Crippen LogP contribution is -2.38. The predicted molar refractivity (Wildman–Crippen MR) is 76.7 cm³/mol. The molecule has 2 aromatic rings. The molecular formula is C16H18N2O2. The average Bonchev–Trinajstić information content (AvgIpc) is 3.02. The van der Waals surface area contributed by atoms with Gasteiger partial charge in [-0.15, -0.1) is 0 Å². The minimum atomic E-state index is 0.0518. The number of phenolic OH excluding ortho intramolecular Hbond substituents is 1. The van der Waals surface area contributed by atoms with Crippen molar-refractivity contribution < 1.29 is 9.90 Å². The van der Waals surface area contributed by atoms with Crippen LogP contribution in [0.5, 0.6) is 5.75 Å². The molecule has 0 aliphatic carbocycles. The van der Waals surface area contributed by atoms with Crippen LogP contribution < -0.4 is 0 Å². The molecule has 0 saturated carbocycles. The van der Waals surface area contributed by atoms with Gasteiger partial charge in [0.2, 0.25) is 0 Å². The molecule has 3 rings (SSSR count). The van der Waals surface area contributed by atoms with E-state index < -0.39 is 0 Å². The van der Waals surface area contributed by atoms with Crippen molar-refractivity contribution in [3.8, 4) is 5.75 Å². The molecule has 1 aliphatic rings. The Morgan fingerprint density at radius 3 is 2.25 bits per heavy atom. The number of nitrogens with zero attached hydrogens (tertiary/aromatic N) is 2. The zero-order valence-electron chi connectivity index (χ0n) is 11.3. The highest BCUT2D eigenvalue weighted by atomic mass is 16.3.